The van der Waals surface area contributed by atoms with E-state index >= 15 is 0 Å². The molecule has 0 aliphatic heterocycles. The van der Waals surface area contributed by atoms with Crippen molar-refractivity contribution in [3.05, 3.63) is 76.9 Å². The summed E-state index contributed by atoms with van der Waals surface area (Å²) >= 11 is 7.70. The Morgan fingerprint density at radius 3 is 2.88 bits per heavy atom. The Hall–Kier alpha value is -3.29. The number of anilines is 1. The average molecular weight is 467 g/mol. The van der Waals surface area contributed by atoms with Crippen LogP contribution in [0.15, 0.2) is 63.6 Å². The van der Waals surface area contributed by atoms with Gasteiger partial charge in [-0.1, -0.05) is 35.1 Å². The molecule has 8 heteroatoms. The minimum atomic E-state index is -0.317. The van der Waals surface area contributed by atoms with Crippen molar-refractivity contribution in [3.63, 3.8) is 0 Å². The quantitative estimate of drug-likeness (QED) is 0.274. The van der Waals surface area contributed by atoms with E-state index in [2.05, 4.69) is 0 Å². The lowest BCUT2D eigenvalue weighted by Crippen LogP contribution is -2.29. The fourth-order valence-electron chi connectivity index (χ4n) is 3.53. The van der Waals surface area contributed by atoms with E-state index in [4.69, 9.17) is 30.2 Å². The normalized spacial score (nSPS) is 11.3. The van der Waals surface area contributed by atoms with Crippen LogP contribution in [-0.2, 0) is 6.54 Å². The van der Waals surface area contributed by atoms with Gasteiger partial charge in [-0.15, -0.1) is 0 Å². The lowest BCUT2D eigenvalue weighted by Gasteiger charge is -2.17. The van der Waals surface area contributed by atoms with Gasteiger partial charge in [-0.2, -0.15) is 0 Å². The van der Waals surface area contributed by atoms with Gasteiger partial charge in [0.15, 0.2) is 22.2 Å². The number of hydrogen-bond acceptors (Lipinski definition) is 6. The molecule has 5 aromatic rings. The van der Waals surface area contributed by atoms with Crippen LogP contribution in [0.25, 0.3) is 21.2 Å². The first-order valence-electron chi connectivity index (χ1n) is 10.1. The summed E-state index contributed by atoms with van der Waals surface area (Å²) < 4.78 is 18.1. The topological polar surface area (TPSA) is 68.7 Å². The van der Waals surface area contributed by atoms with Gasteiger partial charge in [-0.05, 0) is 55.8 Å². The van der Waals surface area contributed by atoms with Crippen molar-refractivity contribution in [3.8, 4) is 5.75 Å². The lowest BCUT2D eigenvalue weighted by atomic mass is 10.2. The van der Waals surface area contributed by atoms with Crippen molar-refractivity contribution < 1.29 is 18.4 Å². The average Bonchev–Trinajstić information content (AvgIpc) is 3.54. The van der Waals surface area contributed by atoms with Crippen LogP contribution < -0.4 is 9.64 Å². The number of aryl methyl sites for hydroxylation is 1. The minimum Gasteiger partial charge on any atom is -0.490 e. The highest BCUT2D eigenvalue weighted by Gasteiger charge is 2.26. The molecule has 0 fully saturated rings. The summed E-state index contributed by atoms with van der Waals surface area (Å²) in [6, 6.07) is 14.7. The summed E-state index contributed by atoms with van der Waals surface area (Å²) in [6.07, 6.45) is 1.58. The molecule has 1 amide bonds. The highest BCUT2D eigenvalue weighted by Crippen LogP contribution is 2.36. The van der Waals surface area contributed by atoms with E-state index in [1.807, 2.05) is 50.2 Å². The second kappa shape index (κ2) is 8.33. The first kappa shape index (κ1) is 20.6. The maximum atomic E-state index is 13.6. The predicted molar refractivity (Wildman–Crippen MR) is 126 cm³/mol. The number of halogens is 1. The van der Waals surface area contributed by atoms with Gasteiger partial charge in [-0.25, -0.2) is 4.98 Å². The molecule has 0 bridgehead atoms. The summed E-state index contributed by atoms with van der Waals surface area (Å²) in [5.41, 5.74) is 2.20. The number of carbonyl (C=O) groups excluding carboxylic acids is 1. The van der Waals surface area contributed by atoms with Crippen molar-refractivity contribution in [2.24, 2.45) is 0 Å². The van der Waals surface area contributed by atoms with Crippen LogP contribution in [0.4, 0.5) is 5.13 Å². The second-order valence-electron chi connectivity index (χ2n) is 7.20. The van der Waals surface area contributed by atoms with Crippen LogP contribution in [0.1, 0.15) is 28.8 Å². The summed E-state index contributed by atoms with van der Waals surface area (Å²) in [7, 11) is 0. The zero-order valence-corrected chi connectivity index (χ0v) is 19.0. The molecule has 0 saturated carbocycles. The van der Waals surface area contributed by atoms with Gasteiger partial charge >= 0.3 is 0 Å². The maximum absolute atomic E-state index is 13.6. The molecule has 0 unspecified atom stereocenters. The Bertz CT molecular complexity index is 1420. The van der Waals surface area contributed by atoms with E-state index in [0.717, 1.165) is 21.2 Å². The van der Waals surface area contributed by atoms with Crippen LogP contribution in [0, 0.1) is 6.92 Å². The van der Waals surface area contributed by atoms with E-state index in [0.29, 0.717) is 33.9 Å². The standard InChI is InChI=1S/C24H19ClN2O4S/c1-3-29-18-8-4-6-15-12-19(31-22(15)18)23(28)27(13-16-7-5-11-30-16)24-26-21-14(2)17(25)9-10-20(21)32-24/h4-12H,3,13H2,1-2H3. The van der Waals surface area contributed by atoms with Gasteiger partial charge in [0.2, 0.25) is 0 Å². The lowest BCUT2D eigenvalue weighted by molar-refractivity contribution is 0.0958. The molecule has 0 saturated heterocycles. The Kier molecular flexibility index (Phi) is 5.36. The molecular weight excluding hydrogens is 448 g/mol. The molecule has 2 aromatic carbocycles. The van der Waals surface area contributed by atoms with E-state index in [-0.39, 0.29) is 18.2 Å². The largest absolute Gasteiger partial charge is 0.490 e. The highest BCUT2D eigenvalue weighted by atomic mass is 35.5. The highest BCUT2D eigenvalue weighted by molar-refractivity contribution is 7.22. The molecule has 3 aromatic heterocycles. The second-order valence-corrected chi connectivity index (χ2v) is 8.62. The van der Waals surface area contributed by atoms with Gasteiger partial charge in [0.25, 0.3) is 5.91 Å². The number of rotatable bonds is 6. The third-order valence-corrected chi connectivity index (χ3v) is 6.58. The molecule has 5 rings (SSSR count). The SMILES string of the molecule is CCOc1cccc2cc(C(=O)N(Cc3ccco3)c3nc4c(C)c(Cl)ccc4s3)oc12. The monoisotopic (exact) mass is 466 g/mol. The molecule has 0 aliphatic rings. The molecule has 0 spiro atoms. The number of hydrogen-bond donors (Lipinski definition) is 0. The fourth-order valence-corrected chi connectivity index (χ4v) is 4.71. The number of para-hydroxylation sites is 1. The van der Waals surface area contributed by atoms with Crippen LogP contribution in [0.5, 0.6) is 5.75 Å². The third-order valence-electron chi connectivity index (χ3n) is 5.13. The zero-order chi connectivity index (χ0) is 22.2. The third kappa shape index (κ3) is 3.63. The van der Waals surface area contributed by atoms with Gasteiger partial charge in [-0.3, -0.25) is 9.69 Å². The first-order chi connectivity index (χ1) is 15.5. The fraction of sp³-hybridized carbons (Fsp3) is 0.167. The Morgan fingerprint density at radius 1 is 1.22 bits per heavy atom. The van der Waals surface area contributed by atoms with Crippen LogP contribution in [-0.4, -0.2) is 17.5 Å². The number of amides is 1. The number of carbonyl (C=O) groups is 1. The van der Waals surface area contributed by atoms with E-state index in [1.54, 1.807) is 23.3 Å². The molecule has 0 radical (unpaired) electrons. The number of nitrogens with zero attached hydrogens (tertiary/aromatic N) is 2. The Morgan fingerprint density at radius 2 is 2.09 bits per heavy atom. The molecule has 0 aliphatic carbocycles. The smallest absolute Gasteiger partial charge is 0.296 e. The first-order valence-corrected chi connectivity index (χ1v) is 11.3. The molecule has 0 N–H and O–H groups in total. The van der Waals surface area contributed by atoms with Crippen molar-refractivity contribution in [2.45, 2.75) is 20.4 Å². The van der Waals surface area contributed by atoms with Gasteiger partial charge in [0.1, 0.15) is 5.76 Å². The van der Waals surface area contributed by atoms with E-state index < -0.39 is 0 Å². The van der Waals surface area contributed by atoms with Crippen LogP contribution in [0.2, 0.25) is 5.02 Å². The summed E-state index contributed by atoms with van der Waals surface area (Å²) in [6.45, 7) is 4.54. The van der Waals surface area contributed by atoms with Crippen molar-refractivity contribution >= 4 is 55.2 Å². The Balaban J connectivity index is 1.59. The zero-order valence-electron chi connectivity index (χ0n) is 17.4. The van der Waals surface area contributed by atoms with Crippen molar-refractivity contribution in [2.75, 3.05) is 11.5 Å². The molecule has 0 atom stereocenters. The van der Waals surface area contributed by atoms with E-state index in [1.165, 1.54) is 11.3 Å². The number of furan rings is 2. The van der Waals surface area contributed by atoms with Crippen LogP contribution in [0.3, 0.4) is 0 Å². The summed E-state index contributed by atoms with van der Waals surface area (Å²) in [4.78, 5) is 19.9. The van der Waals surface area contributed by atoms with E-state index in [9.17, 15) is 4.79 Å². The minimum absolute atomic E-state index is 0.202. The number of thiazole rings is 1. The molecule has 6 nitrogen and oxygen atoms in total. The van der Waals surface area contributed by atoms with Gasteiger partial charge in [0, 0.05) is 10.4 Å². The summed E-state index contributed by atoms with van der Waals surface area (Å²) in [5.74, 6) is 1.13. The Labute approximate surface area is 193 Å². The number of ether oxygens (including phenoxy) is 1. The van der Waals surface area contributed by atoms with Gasteiger partial charge < -0.3 is 13.6 Å². The molecule has 162 valence electrons. The van der Waals surface area contributed by atoms with Crippen LogP contribution >= 0.6 is 22.9 Å². The number of fused-ring (bicyclic) bond motifs is 2. The molecule has 3 heterocycles. The van der Waals surface area contributed by atoms with Gasteiger partial charge in [0.05, 0.1) is 29.6 Å². The van der Waals surface area contributed by atoms with Crippen molar-refractivity contribution in [1.29, 1.82) is 0 Å². The number of benzene rings is 2. The van der Waals surface area contributed by atoms with Crippen molar-refractivity contribution in [1.82, 2.24) is 4.98 Å². The summed E-state index contributed by atoms with van der Waals surface area (Å²) in [5, 5.41) is 1.97. The molecular formula is C24H19ClN2O4S. The predicted octanol–water partition coefficient (Wildman–Crippen LogP) is 6.84. The number of aromatic nitrogens is 1. The maximum Gasteiger partial charge on any atom is 0.296 e. The molecule has 32 heavy (non-hydrogen) atoms.